The van der Waals surface area contributed by atoms with Gasteiger partial charge in [0.05, 0.1) is 18.6 Å². The highest BCUT2D eigenvalue weighted by Crippen LogP contribution is 2.17. The summed E-state index contributed by atoms with van der Waals surface area (Å²) < 4.78 is 0. The fraction of sp³-hybridized carbons (Fsp3) is 0.312. The molecule has 0 saturated heterocycles. The molecule has 0 fully saturated rings. The Kier molecular flexibility index (Phi) is 10.8. The molecule has 0 spiro atoms. The number of aliphatic hydroxyl groups excluding tert-OH is 1. The molecule has 3 aromatic rings. The van der Waals surface area contributed by atoms with Crippen molar-refractivity contribution in [1.29, 1.82) is 0 Å². The van der Waals surface area contributed by atoms with Crippen molar-refractivity contribution in [2.75, 3.05) is 0 Å². The van der Waals surface area contributed by atoms with Crippen LogP contribution in [0.3, 0.4) is 0 Å². The van der Waals surface area contributed by atoms with Crippen LogP contribution in [-0.2, 0) is 22.4 Å². The molecule has 0 aromatic heterocycles. The van der Waals surface area contributed by atoms with E-state index in [9.17, 15) is 24.3 Å². The first-order valence-electron chi connectivity index (χ1n) is 13.5. The molecule has 3 aromatic carbocycles. The summed E-state index contributed by atoms with van der Waals surface area (Å²) in [5.74, 6) is -2.23. The maximum absolute atomic E-state index is 13.4. The summed E-state index contributed by atoms with van der Waals surface area (Å²) in [7, 11) is 0. The van der Waals surface area contributed by atoms with Crippen molar-refractivity contribution in [2.24, 2.45) is 5.73 Å². The molecule has 3 rings (SSSR count). The van der Waals surface area contributed by atoms with Gasteiger partial charge in [-0.25, -0.2) is 0 Å². The van der Waals surface area contributed by atoms with Crippen LogP contribution >= 0.6 is 0 Å². The fourth-order valence-electron chi connectivity index (χ4n) is 4.37. The lowest BCUT2D eigenvalue weighted by molar-refractivity contribution is -0.128. The Morgan fingerprint density at radius 1 is 0.780 bits per heavy atom. The van der Waals surface area contributed by atoms with Crippen LogP contribution in [0.5, 0.6) is 0 Å². The molecule has 0 saturated carbocycles. The Morgan fingerprint density at radius 2 is 1.37 bits per heavy atom. The van der Waals surface area contributed by atoms with Gasteiger partial charge in [-0.05, 0) is 56.5 Å². The Balaban J connectivity index is 1.84. The fourth-order valence-corrected chi connectivity index (χ4v) is 4.37. The number of nitrogens with two attached hydrogens (primary N) is 1. The average Bonchev–Trinajstić information content (AvgIpc) is 2.92. The van der Waals surface area contributed by atoms with Crippen molar-refractivity contribution >= 4 is 23.6 Å². The van der Waals surface area contributed by atoms with Gasteiger partial charge < -0.3 is 26.8 Å². The molecule has 0 unspecified atom stereocenters. The highest BCUT2D eigenvalue weighted by Gasteiger charge is 2.29. The lowest BCUT2D eigenvalue weighted by atomic mass is 9.93. The first kappa shape index (κ1) is 31.0. The van der Waals surface area contributed by atoms with E-state index in [1.165, 1.54) is 0 Å². The number of primary amides is 1. The zero-order valence-corrected chi connectivity index (χ0v) is 23.6. The van der Waals surface area contributed by atoms with E-state index in [0.29, 0.717) is 16.7 Å². The summed E-state index contributed by atoms with van der Waals surface area (Å²) in [5, 5.41) is 19.8. The van der Waals surface area contributed by atoms with Crippen molar-refractivity contribution < 1.29 is 24.3 Å². The summed E-state index contributed by atoms with van der Waals surface area (Å²) in [6.45, 7) is 5.65. The molecule has 3 atom stereocenters. The Morgan fingerprint density at radius 3 is 1.98 bits per heavy atom. The number of benzene rings is 3. The molecule has 9 nitrogen and oxygen atoms in total. The van der Waals surface area contributed by atoms with Gasteiger partial charge in [-0.1, -0.05) is 66.7 Å². The number of nitrogens with one attached hydrogen (secondary N) is 3. The largest absolute Gasteiger partial charge is 0.391 e. The van der Waals surface area contributed by atoms with E-state index in [1.807, 2.05) is 51.1 Å². The third-order valence-electron chi connectivity index (χ3n) is 6.33. The van der Waals surface area contributed by atoms with E-state index in [2.05, 4.69) is 16.0 Å². The van der Waals surface area contributed by atoms with Gasteiger partial charge in [-0.2, -0.15) is 0 Å². The van der Waals surface area contributed by atoms with Crippen LogP contribution in [0.25, 0.3) is 0 Å². The van der Waals surface area contributed by atoms with E-state index in [0.717, 1.165) is 5.56 Å². The van der Waals surface area contributed by atoms with Gasteiger partial charge in [0.15, 0.2) is 0 Å². The monoisotopic (exact) mass is 558 g/mol. The lowest BCUT2D eigenvalue weighted by Crippen LogP contribution is -2.54. The molecule has 0 radical (unpaired) electrons. The third-order valence-corrected chi connectivity index (χ3v) is 6.33. The molecule has 0 aliphatic rings. The Bertz CT molecular complexity index is 1340. The number of rotatable bonds is 12. The van der Waals surface area contributed by atoms with Gasteiger partial charge in [0.1, 0.15) is 6.04 Å². The van der Waals surface area contributed by atoms with E-state index < -0.39 is 47.9 Å². The minimum Gasteiger partial charge on any atom is -0.391 e. The smallest absolute Gasteiger partial charge is 0.251 e. The lowest BCUT2D eigenvalue weighted by Gasteiger charge is -2.28. The first-order chi connectivity index (χ1) is 19.4. The number of amides is 4. The molecular formula is C32H38N4O5. The molecule has 0 aliphatic carbocycles. The maximum atomic E-state index is 13.4. The van der Waals surface area contributed by atoms with Crippen LogP contribution < -0.4 is 21.7 Å². The van der Waals surface area contributed by atoms with Crippen molar-refractivity contribution in [3.8, 4) is 0 Å². The standard InChI is InChI=1S/C32H38N4O5/c1-32(2,3)36-30(40)24-17-11-10-16-23(24)19-27(37)25(18-21-12-6-4-7-13-21)34-31(41)26(20-28(33)38)35-29(39)22-14-8-5-9-15-22/h4-17,25-27,37H,18-20H2,1-3H3,(H2,33,38)(H,34,41)(H,35,39)(H,36,40)/t25-,26-,27+/m0/s1. The quantitative estimate of drug-likeness (QED) is 0.231. The minimum atomic E-state index is -1.25. The molecule has 0 bridgehead atoms. The topological polar surface area (TPSA) is 151 Å². The second kappa shape index (κ2) is 14.2. The molecule has 0 aliphatic heterocycles. The van der Waals surface area contributed by atoms with Gasteiger partial charge in [0.25, 0.3) is 11.8 Å². The number of aliphatic hydroxyl groups is 1. The SMILES string of the molecule is CC(C)(C)NC(=O)c1ccccc1C[C@@H](O)[C@H](Cc1ccccc1)NC(=O)[C@H](CC(N)=O)NC(=O)c1ccccc1. The molecular weight excluding hydrogens is 520 g/mol. The normalized spacial score (nSPS) is 13.4. The van der Waals surface area contributed by atoms with Crippen molar-refractivity contribution in [3.63, 3.8) is 0 Å². The zero-order valence-electron chi connectivity index (χ0n) is 23.6. The predicted molar refractivity (Wildman–Crippen MR) is 157 cm³/mol. The summed E-state index contributed by atoms with van der Waals surface area (Å²) in [4.78, 5) is 50.9. The van der Waals surface area contributed by atoms with Crippen LogP contribution in [0.15, 0.2) is 84.9 Å². The Hall–Kier alpha value is -4.50. The van der Waals surface area contributed by atoms with Gasteiger partial charge >= 0.3 is 0 Å². The number of hydrogen-bond acceptors (Lipinski definition) is 5. The molecule has 4 amide bonds. The van der Waals surface area contributed by atoms with Gasteiger partial charge in [0, 0.05) is 23.1 Å². The van der Waals surface area contributed by atoms with E-state index in [4.69, 9.17) is 5.73 Å². The van der Waals surface area contributed by atoms with Crippen LogP contribution in [0.2, 0.25) is 0 Å². The second-order valence-corrected chi connectivity index (χ2v) is 11.0. The summed E-state index contributed by atoms with van der Waals surface area (Å²) in [6, 6.07) is 22.5. The second-order valence-electron chi connectivity index (χ2n) is 11.0. The number of carbonyl (C=O) groups excluding carboxylic acids is 4. The Labute approximate surface area is 240 Å². The molecule has 9 heteroatoms. The van der Waals surface area contributed by atoms with Gasteiger partial charge in [0.2, 0.25) is 11.8 Å². The molecule has 6 N–H and O–H groups in total. The van der Waals surface area contributed by atoms with Crippen LogP contribution in [0.4, 0.5) is 0 Å². The zero-order chi connectivity index (χ0) is 30.0. The highest BCUT2D eigenvalue weighted by atomic mass is 16.3. The van der Waals surface area contributed by atoms with Gasteiger partial charge in [-0.15, -0.1) is 0 Å². The maximum Gasteiger partial charge on any atom is 0.251 e. The predicted octanol–water partition coefficient (Wildman–Crippen LogP) is 2.52. The number of carbonyl (C=O) groups is 4. The molecule has 0 heterocycles. The van der Waals surface area contributed by atoms with Crippen molar-refractivity contribution in [2.45, 2.75) is 63.8 Å². The molecule has 216 valence electrons. The van der Waals surface area contributed by atoms with E-state index in [-0.39, 0.29) is 18.7 Å². The van der Waals surface area contributed by atoms with Gasteiger partial charge in [-0.3, -0.25) is 19.2 Å². The highest BCUT2D eigenvalue weighted by molar-refractivity contribution is 5.99. The first-order valence-corrected chi connectivity index (χ1v) is 13.5. The van der Waals surface area contributed by atoms with E-state index >= 15 is 0 Å². The number of hydrogen-bond donors (Lipinski definition) is 5. The summed E-state index contributed by atoms with van der Waals surface area (Å²) >= 11 is 0. The van der Waals surface area contributed by atoms with E-state index in [1.54, 1.807) is 54.6 Å². The van der Waals surface area contributed by atoms with Crippen LogP contribution in [0.1, 0.15) is 59.0 Å². The summed E-state index contributed by atoms with van der Waals surface area (Å²) in [6.07, 6.45) is -1.20. The molecule has 41 heavy (non-hydrogen) atoms. The van der Waals surface area contributed by atoms with Crippen molar-refractivity contribution in [1.82, 2.24) is 16.0 Å². The van der Waals surface area contributed by atoms with Crippen LogP contribution in [-0.4, -0.2) is 52.5 Å². The minimum absolute atomic E-state index is 0.0718. The van der Waals surface area contributed by atoms with Crippen molar-refractivity contribution in [3.05, 3.63) is 107 Å². The van der Waals surface area contributed by atoms with Crippen LogP contribution in [0, 0.1) is 0 Å². The third kappa shape index (κ3) is 9.88. The summed E-state index contributed by atoms with van der Waals surface area (Å²) in [5.41, 5.74) is 7.15. The average molecular weight is 559 g/mol.